The average Bonchev–Trinajstić information content (AvgIpc) is 2.46. The van der Waals surface area contributed by atoms with Crippen LogP contribution in [0.1, 0.15) is 72.6 Å². The molecule has 1 aliphatic rings. The van der Waals surface area contributed by atoms with Gasteiger partial charge >= 0.3 is 0 Å². The van der Waals surface area contributed by atoms with Gasteiger partial charge in [0.2, 0.25) is 5.91 Å². The molecule has 0 aromatic rings. The molecule has 4 nitrogen and oxygen atoms in total. The summed E-state index contributed by atoms with van der Waals surface area (Å²) in [5.41, 5.74) is -0.630. The summed E-state index contributed by atoms with van der Waals surface area (Å²) in [6, 6.07) is -0.0351. The first kappa shape index (κ1) is 18.4. The van der Waals surface area contributed by atoms with Gasteiger partial charge in [-0.2, -0.15) is 0 Å². The molecule has 0 bridgehead atoms. The van der Waals surface area contributed by atoms with Crippen LogP contribution in [0, 0.1) is 5.92 Å². The molecule has 21 heavy (non-hydrogen) atoms. The minimum Gasteiger partial charge on any atom is -0.389 e. The van der Waals surface area contributed by atoms with Crippen molar-refractivity contribution in [3.05, 3.63) is 0 Å². The second kappa shape index (κ2) is 8.74. The lowest BCUT2D eigenvalue weighted by Crippen LogP contribution is -2.51. The minimum atomic E-state index is -0.630. The van der Waals surface area contributed by atoms with Crippen molar-refractivity contribution in [2.75, 3.05) is 6.54 Å². The molecule has 2 unspecified atom stereocenters. The molecule has 0 saturated heterocycles. The van der Waals surface area contributed by atoms with Gasteiger partial charge in [-0.15, -0.1) is 0 Å². The summed E-state index contributed by atoms with van der Waals surface area (Å²) in [7, 11) is 0. The SMILES string of the molecule is CCCC(C)NC(=O)C(C)NCC1(O)CCC(CC)CC1. The van der Waals surface area contributed by atoms with Crippen molar-refractivity contribution in [2.24, 2.45) is 5.92 Å². The fourth-order valence-electron chi connectivity index (χ4n) is 3.11. The predicted octanol–water partition coefficient (Wildman–Crippen LogP) is 2.60. The Kier molecular flexibility index (Phi) is 7.67. The van der Waals surface area contributed by atoms with Gasteiger partial charge in [0.25, 0.3) is 0 Å². The molecule has 0 aliphatic heterocycles. The van der Waals surface area contributed by atoms with Crippen LogP contribution in [0.15, 0.2) is 0 Å². The van der Waals surface area contributed by atoms with E-state index < -0.39 is 5.60 Å². The third-order valence-corrected chi connectivity index (χ3v) is 4.85. The van der Waals surface area contributed by atoms with Crippen LogP contribution < -0.4 is 10.6 Å². The number of aliphatic hydroxyl groups is 1. The van der Waals surface area contributed by atoms with Gasteiger partial charge in [-0.25, -0.2) is 0 Å². The highest BCUT2D eigenvalue weighted by atomic mass is 16.3. The van der Waals surface area contributed by atoms with E-state index in [0.717, 1.165) is 44.4 Å². The van der Waals surface area contributed by atoms with Crippen molar-refractivity contribution >= 4 is 5.91 Å². The summed E-state index contributed by atoms with van der Waals surface area (Å²) < 4.78 is 0. The van der Waals surface area contributed by atoms with Crippen LogP contribution in [0.25, 0.3) is 0 Å². The van der Waals surface area contributed by atoms with Crippen molar-refractivity contribution in [3.63, 3.8) is 0 Å². The van der Waals surface area contributed by atoms with Crippen molar-refractivity contribution in [3.8, 4) is 0 Å². The van der Waals surface area contributed by atoms with Gasteiger partial charge in [0.1, 0.15) is 0 Å². The van der Waals surface area contributed by atoms with Crippen LogP contribution >= 0.6 is 0 Å². The lowest BCUT2D eigenvalue weighted by molar-refractivity contribution is -0.123. The van der Waals surface area contributed by atoms with Crippen molar-refractivity contribution in [1.82, 2.24) is 10.6 Å². The Bertz CT molecular complexity index is 312. The van der Waals surface area contributed by atoms with E-state index in [0.29, 0.717) is 6.54 Å². The zero-order valence-corrected chi connectivity index (χ0v) is 14.2. The third-order valence-electron chi connectivity index (χ3n) is 4.85. The molecular weight excluding hydrogens is 264 g/mol. The maximum atomic E-state index is 12.0. The molecule has 0 aromatic carbocycles. The first-order chi connectivity index (χ1) is 9.90. The minimum absolute atomic E-state index is 0.0294. The molecule has 0 heterocycles. The maximum absolute atomic E-state index is 12.0. The first-order valence-electron chi connectivity index (χ1n) is 8.66. The van der Waals surface area contributed by atoms with Crippen molar-refractivity contribution in [2.45, 2.75) is 90.3 Å². The highest BCUT2D eigenvalue weighted by molar-refractivity contribution is 5.81. The normalized spacial score (nSPS) is 28.9. The van der Waals surface area contributed by atoms with Crippen molar-refractivity contribution < 1.29 is 9.90 Å². The Balaban J connectivity index is 2.31. The molecule has 0 aromatic heterocycles. The Labute approximate surface area is 130 Å². The van der Waals surface area contributed by atoms with Gasteiger partial charge in [-0.05, 0) is 51.9 Å². The topological polar surface area (TPSA) is 61.4 Å². The van der Waals surface area contributed by atoms with Gasteiger partial charge in [0.05, 0.1) is 11.6 Å². The molecule has 2 atom stereocenters. The molecule has 1 amide bonds. The van der Waals surface area contributed by atoms with E-state index in [9.17, 15) is 9.90 Å². The van der Waals surface area contributed by atoms with Gasteiger partial charge in [-0.3, -0.25) is 4.79 Å². The summed E-state index contributed by atoms with van der Waals surface area (Å²) in [4.78, 5) is 12.0. The Morgan fingerprint density at radius 1 is 1.29 bits per heavy atom. The lowest BCUT2D eigenvalue weighted by Gasteiger charge is -2.36. The molecule has 3 N–H and O–H groups in total. The Morgan fingerprint density at radius 3 is 2.43 bits per heavy atom. The summed E-state index contributed by atoms with van der Waals surface area (Å²) in [6.07, 6.45) is 7.17. The molecule has 0 spiro atoms. The molecule has 1 fully saturated rings. The molecule has 1 saturated carbocycles. The second-order valence-electron chi connectivity index (χ2n) is 6.88. The average molecular weight is 298 g/mol. The Morgan fingerprint density at radius 2 is 1.90 bits per heavy atom. The van der Waals surface area contributed by atoms with E-state index >= 15 is 0 Å². The number of carbonyl (C=O) groups is 1. The molecule has 1 aliphatic carbocycles. The number of rotatable bonds is 8. The third kappa shape index (κ3) is 6.35. The molecule has 0 radical (unpaired) electrons. The van der Waals surface area contributed by atoms with Gasteiger partial charge in [0, 0.05) is 12.6 Å². The predicted molar refractivity (Wildman–Crippen MR) is 87.2 cm³/mol. The van der Waals surface area contributed by atoms with E-state index in [2.05, 4.69) is 24.5 Å². The maximum Gasteiger partial charge on any atom is 0.237 e. The number of hydrogen-bond acceptors (Lipinski definition) is 3. The van der Waals surface area contributed by atoms with Crippen LogP contribution in [-0.4, -0.2) is 35.2 Å². The van der Waals surface area contributed by atoms with E-state index in [1.54, 1.807) is 0 Å². The number of nitrogens with one attached hydrogen (secondary N) is 2. The summed E-state index contributed by atoms with van der Waals surface area (Å²) >= 11 is 0. The van der Waals surface area contributed by atoms with Crippen LogP contribution in [-0.2, 0) is 4.79 Å². The zero-order chi connectivity index (χ0) is 15.9. The van der Waals surface area contributed by atoms with Crippen LogP contribution in [0.2, 0.25) is 0 Å². The van der Waals surface area contributed by atoms with E-state index in [-0.39, 0.29) is 18.0 Å². The molecule has 1 rings (SSSR count). The Hall–Kier alpha value is -0.610. The summed E-state index contributed by atoms with van der Waals surface area (Å²) in [5, 5.41) is 16.8. The van der Waals surface area contributed by atoms with Gasteiger partial charge in [-0.1, -0.05) is 26.7 Å². The standard InChI is InChI=1S/C17H34N2O2/c1-5-7-13(3)19-16(20)14(4)18-12-17(21)10-8-15(6-2)9-11-17/h13-15,18,21H,5-12H2,1-4H3,(H,19,20). The van der Waals surface area contributed by atoms with E-state index in [4.69, 9.17) is 0 Å². The second-order valence-corrected chi connectivity index (χ2v) is 6.88. The number of amides is 1. The molecular formula is C17H34N2O2. The lowest BCUT2D eigenvalue weighted by atomic mass is 9.78. The largest absolute Gasteiger partial charge is 0.389 e. The first-order valence-corrected chi connectivity index (χ1v) is 8.66. The molecule has 124 valence electrons. The monoisotopic (exact) mass is 298 g/mol. The van der Waals surface area contributed by atoms with Gasteiger partial charge < -0.3 is 15.7 Å². The number of hydrogen-bond donors (Lipinski definition) is 3. The van der Waals surface area contributed by atoms with Crippen LogP contribution in [0.5, 0.6) is 0 Å². The van der Waals surface area contributed by atoms with Crippen molar-refractivity contribution in [1.29, 1.82) is 0 Å². The van der Waals surface area contributed by atoms with Crippen LogP contribution in [0.4, 0.5) is 0 Å². The number of carbonyl (C=O) groups excluding carboxylic acids is 1. The van der Waals surface area contributed by atoms with Crippen LogP contribution in [0.3, 0.4) is 0 Å². The molecule has 4 heteroatoms. The fraction of sp³-hybridized carbons (Fsp3) is 0.941. The van der Waals surface area contributed by atoms with E-state index in [1.165, 1.54) is 6.42 Å². The summed E-state index contributed by atoms with van der Waals surface area (Å²) in [6.45, 7) is 8.76. The highest BCUT2D eigenvalue weighted by Crippen LogP contribution is 2.33. The quantitative estimate of drug-likeness (QED) is 0.645. The summed E-state index contributed by atoms with van der Waals surface area (Å²) in [5.74, 6) is 0.794. The highest BCUT2D eigenvalue weighted by Gasteiger charge is 2.33. The zero-order valence-electron chi connectivity index (χ0n) is 14.2. The fourth-order valence-corrected chi connectivity index (χ4v) is 3.11. The van der Waals surface area contributed by atoms with Gasteiger partial charge in [0.15, 0.2) is 0 Å². The smallest absolute Gasteiger partial charge is 0.237 e. The van der Waals surface area contributed by atoms with E-state index in [1.807, 2.05) is 13.8 Å².